The summed E-state index contributed by atoms with van der Waals surface area (Å²) < 4.78 is 0.595. The quantitative estimate of drug-likeness (QED) is 0.129. The van der Waals surface area contributed by atoms with E-state index in [0.29, 0.717) is 16.5 Å². The molecule has 0 spiro atoms. The number of carboxylic acids is 1. The van der Waals surface area contributed by atoms with Gasteiger partial charge in [-0.15, -0.1) is 0 Å². The number of hydrogen-bond acceptors (Lipinski definition) is 5. The number of nitrogens with one attached hydrogen (secondary N) is 1. The van der Waals surface area contributed by atoms with Crippen LogP contribution in [0, 0.1) is 3.57 Å². The third-order valence-corrected chi connectivity index (χ3v) is 5.17. The molecule has 9 heteroatoms. The average molecular weight is 501 g/mol. The van der Waals surface area contributed by atoms with E-state index in [4.69, 9.17) is 5.53 Å². The van der Waals surface area contributed by atoms with Crippen molar-refractivity contribution in [2.24, 2.45) is 5.11 Å². The van der Waals surface area contributed by atoms with E-state index in [1.807, 2.05) is 22.6 Å². The molecule has 0 fully saturated rings. The summed E-state index contributed by atoms with van der Waals surface area (Å²) in [5, 5.41) is 26.5. The van der Waals surface area contributed by atoms with Crippen molar-refractivity contribution in [3.63, 3.8) is 0 Å². The van der Waals surface area contributed by atoms with Gasteiger partial charge in [-0.2, -0.15) is 0 Å². The summed E-state index contributed by atoms with van der Waals surface area (Å²) >= 11 is 1.95. The summed E-state index contributed by atoms with van der Waals surface area (Å²) in [4.78, 5) is 25.1. The van der Waals surface area contributed by atoms with Crippen LogP contribution >= 0.6 is 22.6 Å². The lowest BCUT2D eigenvalue weighted by Gasteiger charge is -2.09. The highest BCUT2D eigenvalue weighted by Gasteiger charge is 2.13. The number of unbranched alkanes of at least 4 members (excludes halogenated alkanes) is 8. The minimum absolute atomic E-state index is 0.153. The van der Waals surface area contributed by atoms with Crippen LogP contribution < -0.4 is 10.4 Å². The SMILES string of the molecule is [N-]=[N+]=Nc1cc(O)c(C(=O)NCCCCCCCCCCCC(=O)[O-])cc1I. The number of carbonyl (C=O) groups excluding carboxylic acids is 2. The molecule has 0 aliphatic carbocycles. The van der Waals surface area contributed by atoms with Crippen LogP contribution in [0.15, 0.2) is 17.2 Å². The fourth-order valence-electron chi connectivity index (χ4n) is 2.79. The lowest BCUT2D eigenvalue weighted by atomic mass is 10.1. The number of carbonyl (C=O) groups is 2. The minimum Gasteiger partial charge on any atom is -0.550 e. The van der Waals surface area contributed by atoms with E-state index in [1.54, 1.807) is 0 Å². The number of amides is 1. The second kappa shape index (κ2) is 14.1. The molecular formula is C19H26IN4O4-. The topological polar surface area (TPSA) is 138 Å². The van der Waals surface area contributed by atoms with Gasteiger partial charge in [0.25, 0.3) is 5.91 Å². The molecule has 0 bridgehead atoms. The first kappa shape index (κ1) is 24.0. The van der Waals surface area contributed by atoms with E-state index in [2.05, 4.69) is 15.3 Å². The molecule has 2 N–H and O–H groups in total. The maximum atomic E-state index is 12.2. The van der Waals surface area contributed by atoms with Gasteiger partial charge in [-0.05, 0) is 59.5 Å². The third kappa shape index (κ3) is 9.80. The number of aliphatic carboxylic acids is 1. The van der Waals surface area contributed by atoms with E-state index in [1.165, 1.54) is 12.1 Å². The Morgan fingerprint density at radius 1 is 1.07 bits per heavy atom. The molecule has 8 nitrogen and oxygen atoms in total. The number of aromatic hydroxyl groups is 1. The molecule has 1 aromatic rings. The van der Waals surface area contributed by atoms with Gasteiger partial charge < -0.3 is 20.3 Å². The van der Waals surface area contributed by atoms with Crippen molar-refractivity contribution in [2.75, 3.05) is 6.54 Å². The summed E-state index contributed by atoms with van der Waals surface area (Å²) in [6, 6.07) is 2.79. The molecular weight excluding hydrogens is 475 g/mol. The molecule has 0 saturated carbocycles. The van der Waals surface area contributed by atoms with E-state index < -0.39 is 5.97 Å². The Morgan fingerprint density at radius 3 is 2.21 bits per heavy atom. The number of hydrogen-bond donors (Lipinski definition) is 2. The third-order valence-electron chi connectivity index (χ3n) is 4.31. The fourth-order valence-corrected chi connectivity index (χ4v) is 3.36. The number of phenols is 1. The largest absolute Gasteiger partial charge is 0.550 e. The van der Waals surface area contributed by atoms with Crippen LogP contribution in [-0.4, -0.2) is 23.5 Å². The molecule has 1 amide bonds. The predicted molar refractivity (Wildman–Crippen MR) is 113 cm³/mol. The summed E-state index contributed by atoms with van der Waals surface area (Å²) in [5.74, 6) is -1.53. The second-order valence-corrected chi connectivity index (χ2v) is 7.73. The molecule has 1 rings (SSSR count). The van der Waals surface area contributed by atoms with Crippen molar-refractivity contribution in [1.82, 2.24) is 5.32 Å². The monoisotopic (exact) mass is 501 g/mol. The van der Waals surface area contributed by atoms with Gasteiger partial charge in [0.1, 0.15) is 5.75 Å². The highest BCUT2D eigenvalue weighted by atomic mass is 127. The lowest BCUT2D eigenvalue weighted by molar-refractivity contribution is -0.305. The zero-order valence-corrected chi connectivity index (χ0v) is 18.0. The number of phenolic OH excluding ortho intramolecular Hbond substituents is 1. The molecule has 0 saturated heterocycles. The lowest BCUT2D eigenvalue weighted by Crippen LogP contribution is -2.24. The van der Waals surface area contributed by atoms with E-state index >= 15 is 0 Å². The van der Waals surface area contributed by atoms with Crippen molar-refractivity contribution < 1.29 is 19.8 Å². The smallest absolute Gasteiger partial charge is 0.255 e. The summed E-state index contributed by atoms with van der Waals surface area (Å²) in [6.45, 7) is 0.538. The fraction of sp³-hybridized carbons (Fsp3) is 0.579. The highest BCUT2D eigenvalue weighted by molar-refractivity contribution is 14.1. The van der Waals surface area contributed by atoms with Crippen LogP contribution in [-0.2, 0) is 4.79 Å². The Morgan fingerprint density at radius 2 is 1.64 bits per heavy atom. The van der Waals surface area contributed by atoms with Crippen LogP contribution in [0.25, 0.3) is 10.4 Å². The Balaban J connectivity index is 2.13. The molecule has 0 radical (unpaired) electrons. The molecule has 28 heavy (non-hydrogen) atoms. The van der Waals surface area contributed by atoms with Gasteiger partial charge in [0.2, 0.25) is 0 Å². The number of azide groups is 1. The maximum Gasteiger partial charge on any atom is 0.255 e. The van der Waals surface area contributed by atoms with Crippen LogP contribution in [0.1, 0.15) is 74.6 Å². The average Bonchev–Trinajstić information content (AvgIpc) is 2.65. The van der Waals surface area contributed by atoms with Crippen molar-refractivity contribution in [2.45, 2.75) is 64.2 Å². The normalized spacial score (nSPS) is 10.3. The number of rotatable bonds is 14. The standard InChI is InChI=1S/C19H27IN4O4/c20-15-12-14(17(25)13-16(15)23-24-21)19(28)22-11-9-7-5-3-1-2-4-6-8-10-18(26)27/h12-13,25H,1-11H2,(H,22,28)(H,26,27)/p-1. The van der Waals surface area contributed by atoms with Gasteiger partial charge in [0.15, 0.2) is 0 Å². The molecule has 0 aromatic heterocycles. The van der Waals surface area contributed by atoms with E-state index in [9.17, 15) is 19.8 Å². The van der Waals surface area contributed by atoms with Crippen LogP contribution in [0.4, 0.5) is 5.69 Å². The first-order chi connectivity index (χ1) is 13.5. The molecule has 154 valence electrons. The zero-order valence-electron chi connectivity index (χ0n) is 15.8. The minimum atomic E-state index is -0.970. The van der Waals surface area contributed by atoms with E-state index in [-0.39, 0.29) is 29.3 Å². The van der Waals surface area contributed by atoms with Crippen LogP contribution in [0.2, 0.25) is 0 Å². The maximum absolute atomic E-state index is 12.2. The summed E-state index contributed by atoms with van der Waals surface area (Å²) in [5.41, 5.74) is 8.93. The zero-order chi connectivity index (χ0) is 20.8. The molecule has 0 aliphatic heterocycles. The molecule has 0 aliphatic rings. The first-order valence-corrected chi connectivity index (χ1v) is 10.6. The Kier molecular flexibility index (Phi) is 12.1. The Labute approximate surface area is 178 Å². The van der Waals surface area contributed by atoms with Crippen LogP contribution in [0.3, 0.4) is 0 Å². The number of halogens is 1. The summed E-state index contributed by atoms with van der Waals surface area (Å²) in [6.07, 6.45) is 9.23. The Hall–Kier alpha value is -2.00. The molecule has 0 atom stereocenters. The number of nitrogens with zero attached hydrogens (tertiary/aromatic N) is 3. The highest BCUT2D eigenvalue weighted by Crippen LogP contribution is 2.29. The summed E-state index contributed by atoms with van der Waals surface area (Å²) in [7, 11) is 0. The number of benzene rings is 1. The first-order valence-electron chi connectivity index (χ1n) is 9.51. The molecule has 0 unspecified atom stereocenters. The van der Waals surface area contributed by atoms with Gasteiger partial charge in [0.05, 0.1) is 11.3 Å². The van der Waals surface area contributed by atoms with Crippen molar-refractivity contribution in [1.29, 1.82) is 0 Å². The van der Waals surface area contributed by atoms with Crippen molar-refractivity contribution in [3.8, 4) is 5.75 Å². The second-order valence-electron chi connectivity index (χ2n) is 6.57. The van der Waals surface area contributed by atoms with Crippen molar-refractivity contribution >= 4 is 40.2 Å². The van der Waals surface area contributed by atoms with Gasteiger partial charge in [-0.1, -0.05) is 50.1 Å². The predicted octanol–water partition coefficient (Wildman–Crippen LogP) is 4.32. The van der Waals surface area contributed by atoms with Gasteiger partial charge >= 0.3 is 0 Å². The van der Waals surface area contributed by atoms with E-state index in [0.717, 1.165) is 51.4 Å². The van der Waals surface area contributed by atoms with Gasteiger partial charge in [0, 0.05) is 21.0 Å². The Bertz CT molecular complexity index is 705. The van der Waals surface area contributed by atoms with Crippen molar-refractivity contribution in [3.05, 3.63) is 31.7 Å². The molecule has 0 heterocycles. The van der Waals surface area contributed by atoms with Gasteiger partial charge in [-0.25, -0.2) is 0 Å². The van der Waals surface area contributed by atoms with Gasteiger partial charge in [-0.3, -0.25) is 4.79 Å². The molecule has 1 aromatic carbocycles. The number of carboxylic acid groups (broad SMARTS) is 1. The van der Waals surface area contributed by atoms with Crippen LogP contribution in [0.5, 0.6) is 5.75 Å².